The summed E-state index contributed by atoms with van der Waals surface area (Å²) in [6, 6.07) is 7.05. The van der Waals surface area contributed by atoms with E-state index < -0.39 is 23.5 Å². The number of carboxylic acids is 1. The first-order valence-corrected chi connectivity index (χ1v) is 8.11. The molecule has 0 amide bonds. The number of phenols is 1. The predicted molar refractivity (Wildman–Crippen MR) is 92.5 cm³/mol. The zero-order valence-corrected chi connectivity index (χ0v) is 14.2. The molecule has 0 aromatic heterocycles. The number of aryl methyl sites for hydroxylation is 1. The number of hydrogen-bond acceptors (Lipinski definition) is 3. The van der Waals surface area contributed by atoms with Gasteiger partial charge in [-0.3, -0.25) is 0 Å². The lowest BCUT2D eigenvalue weighted by Gasteiger charge is -2.09. The van der Waals surface area contributed by atoms with Crippen molar-refractivity contribution in [1.29, 1.82) is 0 Å². The molecule has 142 valence electrons. The second-order valence-corrected chi connectivity index (χ2v) is 5.84. The van der Waals surface area contributed by atoms with Crippen LogP contribution in [0.4, 0.5) is 13.2 Å². The Hall–Kier alpha value is -2.98. The van der Waals surface area contributed by atoms with E-state index in [-0.39, 0.29) is 17.7 Å². The van der Waals surface area contributed by atoms with Crippen molar-refractivity contribution >= 4 is 5.97 Å². The van der Waals surface area contributed by atoms with E-state index in [4.69, 9.17) is 10.2 Å². The van der Waals surface area contributed by atoms with Crippen molar-refractivity contribution in [2.75, 3.05) is 6.61 Å². The van der Waals surface area contributed by atoms with Gasteiger partial charge in [0.2, 0.25) is 0 Å². The van der Waals surface area contributed by atoms with E-state index in [2.05, 4.69) is 11.8 Å². The van der Waals surface area contributed by atoms with Crippen LogP contribution in [-0.2, 0) is 12.6 Å². The molecule has 2 aromatic rings. The van der Waals surface area contributed by atoms with Crippen molar-refractivity contribution < 1.29 is 33.3 Å². The quantitative estimate of drug-likeness (QED) is 0.546. The Morgan fingerprint density at radius 3 is 2.30 bits per heavy atom. The number of alkyl halides is 3. The van der Waals surface area contributed by atoms with Gasteiger partial charge in [0.05, 0.1) is 11.1 Å². The number of phenolic OH excluding ortho intramolecular Hbond substituents is 1. The van der Waals surface area contributed by atoms with Gasteiger partial charge >= 0.3 is 12.1 Å². The maximum Gasteiger partial charge on any atom is 0.417 e. The maximum atomic E-state index is 13.1. The summed E-state index contributed by atoms with van der Waals surface area (Å²) >= 11 is 0. The van der Waals surface area contributed by atoms with Gasteiger partial charge in [-0.1, -0.05) is 11.8 Å². The number of hydrogen-bond donors (Lipinski definition) is 3. The second kappa shape index (κ2) is 8.60. The van der Waals surface area contributed by atoms with Crippen LogP contribution in [0.2, 0.25) is 0 Å². The molecule has 0 aliphatic carbocycles. The summed E-state index contributed by atoms with van der Waals surface area (Å²) in [6.45, 7) is -0.0118. The van der Waals surface area contributed by atoms with Crippen molar-refractivity contribution in [3.8, 4) is 17.6 Å². The molecule has 0 aliphatic heterocycles. The van der Waals surface area contributed by atoms with Crippen molar-refractivity contribution in [3.05, 3.63) is 64.2 Å². The third kappa shape index (κ3) is 5.50. The van der Waals surface area contributed by atoms with Crippen LogP contribution in [-0.4, -0.2) is 27.9 Å². The zero-order chi connectivity index (χ0) is 20.0. The molecular formula is C20H17F3O4. The molecule has 0 saturated heterocycles. The number of rotatable bonds is 5. The minimum Gasteiger partial charge on any atom is -0.508 e. The molecule has 0 radical (unpaired) electrons. The first-order valence-electron chi connectivity index (χ1n) is 8.11. The van der Waals surface area contributed by atoms with Crippen LogP contribution in [0.1, 0.15) is 45.5 Å². The van der Waals surface area contributed by atoms with Gasteiger partial charge in [0.1, 0.15) is 5.75 Å². The van der Waals surface area contributed by atoms with E-state index in [9.17, 15) is 23.1 Å². The van der Waals surface area contributed by atoms with Gasteiger partial charge in [-0.2, -0.15) is 13.2 Å². The van der Waals surface area contributed by atoms with E-state index in [1.54, 1.807) is 0 Å². The summed E-state index contributed by atoms with van der Waals surface area (Å²) in [5.41, 5.74) is -0.273. The number of carboxylic acid groups (broad SMARTS) is 1. The predicted octanol–water partition coefficient (Wildman–Crippen LogP) is 3.82. The summed E-state index contributed by atoms with van der Waals surface area (Å²) < 4.78 is 39.3. The molecule has 2 aromatic carbocycles. The minimum absolute atomic E-state index is 0.0118. The summed E-state index contributed by atoms with van der Waals surface area (Å²) in [5.74, 6) is 3.51. The smallest absolute Gasteiger partial charge is 0.417 e. The lowest BCUT2D eigenvalue weighted by Crippen LogP contribution is -2.07. The molecule has 0 spiro atoms. The Morgan fingerprint density at radius 1 is 1.00 bits per heavy atom. The Bertz CT molecular complexity index is 892. The fourth-order valence-corrected chi connectivity index (χ4v) is 2.49. The van der Waals surface area contributed by atoms with Gasteiger partial charge < -0.3 is 15.3 Å². The summed E-state index contributed by atoms with van der Waals surface area (Å²) in [6.07, 6.45) is -3.13. The number of aromatic carboxylic acids is 1. The standard InChI is InChI=1S/C20H17F3O4/c21-20(22,23)18-12-17(25)9-8-14(18)6-4-13-5-7-16(19(26)27)11-15(13)3-1-2-10-24/h5,7-9,11-12,24-25H,1-3,10H2,(H,26,27). The lowest BCUT2D eigenvalue weighted by atomic mass is 9.98. The van der Waals surface area contributed by atoms with Crippen LogP contribution in [0.5, 0.6) is 5.75 Å². The molecule has 3 N–H and O–H groups in total. The van der Waals surface area contributed by atoms with Crippen LogP contribution in [0.3, 0.4) is 0 Å². The normalized spacial score (nSPS) is 11.0. The number of aliphatic hydroxyl groups excluding tert-OH is 1. The molecule has 0 atom stereocenters. The first-order chi connectivity index (χ1) is 12.7. The Kier molecular flexibility index (Phi) is 6.48. The Labute approximate surface area is 153 Å². The van der Waals surface area contributed by atoms with Crippen LogP contribution in [0, 0.1) is 11.8 Å². The monoisotopic (exact) mass is 378 g/mol. The van der Waals surface area contributed by atoms with E-state index in [1.807, 2.05) is 0 Å². The van der Waals surface area contributed by atoms with Gasteiger partial charge in [-0.25, -0.2) is 4.79 Å². The van der Waals surface area contributed by atoms with Gasteiger partial charge in [-0.05, 0) is 61.2 Å². The zero-order valence-electron chi connectivity index (χ0n) is 14.2. The SMILES string of the molecule is O=C(O)c1ccc(C#Cc2ccc(O)cc2C(F)(F)F)c(CCCCO)c1. The summed E-state index contributed by atoms with van der Waals surface area (Å²) in [5, 5.41) is 27.3. The number of aliphatic hydroxyl groups is 1. The fourth-order valence-electron chi connectivity index (χ4n) is 2.49. The molecular weight excluding hydrogens is 361 g/mol. The molecule has 0 saturated carbocycles. The van der Waals surface area contributed by atoms with Gasteiger partial charge in [0.15, 0.2) is 0 Å². The van der Waals surface area contributed by atoms with Crippen LogP contribution >= 0.6 is 0 Å². The fraction of sp³-hybridized carbons (Fsp3) is 0.250. The second-order valence-electron chi connectivity index (χ2n) is 5.84. The van der Waals surface area contributed by atoms with Gasteiger partial charge in [-0.15, -0.1) is 0 Å². The number of benzene rings is 2. The highest BCUT2D eigenvalue weighted by Crippen LogP contribution is 2.33. The van der Waals surface area contributed by atoms with Crippen molar-refractivity contribution in [2.45, 2.75) is 25.4 Å². The van der Waals surface area contributed by atoms with Crippen molar-refractivity contribution in [3.63, 3.8) is 0 Å². The van der Waals surface area contributed by atoms with E-state index in [1.165, 1.54) is 18.2 Å². The molecule has 7 heteroatoms. The van der Waals surface area contributed by atoms with Gasteiger partial charge in [0.25, 0.3) is 0 Å². The average Bonchev–Trinajstić information content (AvgIpc) is 2.60. The van der Waals surface area contributed by atoms with Gasteiger partial charge in [0, 0.05) is 17.7 Å². The number of carbonyl (C=O) groups is 1. The third-order valence-electron chi connectivity index (χ3n) is 3.85. The third-order valence-corrected chi connectivity index (χ3v) is 3.85. The largest absolute Gasteiger partial charge is 0.508 e. The first kappa shape index (κ1) is 20.3. The molecule has 0 unspecified atom stereocenters. The molecule has 0 fully saturated rings. The minimum atomic E-state index is -4.67. The maximum absolute atomic E-state index is 13.1. The van der Waals surface area contributed by atoms with Crippen LogP contribution in [0.25, 0.3) is 0 Å². The van der Waals surface area contributed by atoms with Crippen LogP contribution < -0.4 is 0 Å². The van der Waals surface area contributed by atoms with E-state index in [0.29, 0.717) is 36.5 Å². The highest BCUT2D eigenvalue weighted by Gasteiger charge is 2.33. The van der Waals surface area contributed by atoms with Crippen molar-refractivity contribution in [2.24, 2.45) is 0 Å². The summed E-state index contributed by atoms with van der Waals surface area (Å²) in [7, 11) is 0. The highest BCUT2D eigenvalue weighted by atomic mass is 19.4. The Balaban J connectivity index is 2.45. The van der Waals surface area contributed by atoms with Crippen molar-refractivity contribution in [1.82, 2.24) is 0 Å². The molecule has 2 rings (SSSR count). The number of halogens is 3. The number of unbranched alkanes of at least 4 members (excludes halogenated alkanes) is 1. The average molecular weight is 378 g/mol. The number of aromatic hydroxyl groups is 1. The lowest BCUT2D eigenvalue weighted by molar-refractivity contribution is -0.137. The molecule has 0 bridgehead atoms. The highest BCUT2D eigenvalue weighted by molar-refractivity contribution is 5.88. The van der Waals surface area contributed by atoms with E-state index in [0.717, 1.165) is 12.1 Å². The molecule has 4 nitrogen and oxygen atoms in total. The molecule has 0 aliphatic rings. The van der Waals surface area contributed by atoms with E-state index >= 15 is 0 Å². The molecule has 27 heavy (non-hydrogen) atoms. The summed E-state index contributed by atoms with van der Waals surface area (Å²) in [4.78, 5) is 11.1. The molecule has 0 heterocycles. The topological polar surface area (TPSA) is 77.8 Å². The van der Waals surface area contributed by atoms with Crippen LogP contribution in [0.15, 0.2) is 36.4 Å². The Morgan fingerprint density at radius 2 is 1.67 bits per heavy atom.